The number of halogens is 3. The van der Waals surface area contributed by atoms with Gasteiger partial charge in [-0.05, 0) is 25.8 Å². The second-order valence-corrected chi connectivity index (χ2v) is 4.06. The summed E-state index contributed by atoms with van der Waals surface area (Å²) in [7, 11) is 0. The highest BCUT2D eigenvalue weighted by atomic mass is 19.4. The molecule has 1 heterocycles. The third-order valence-electron chi connectivity index (χ3n) is 2.86. The monoisotopic (exact) mass is 209 g/mol. The molecule has 2 atom stereocenters. The standard InChI is InChI=1S/C10H18F3N/c1-2-3-4-9-7-8(5-6-14-9)10(11,12)13/h8-9,14H,2-7H2,1H3. The highest BCUT2D eigenvalue weighted by Crippen LogP contribution is 2.34. The van der Waals surface area contributed by atoms with Crippen molar-refractivity contribution >= 4 is 0 Å². The van der Waals surface area contributed by atoms with Gasteiger partial charge in [-0.15, -0.1) is 0 Å². The highest BCUT2D eigenvalue weighted by Gasteiger charge is 2.41. The first-order valence-corrected chi connectivity index (χ1v) is 5.34. The van der Waals surface area contributed by atoms with Crippen LogP contribution < -0.4 is 5.32 Å². The fourth-order valence-electron chi connectivity index (χ4n) is 1.97. The van der Waals surface area contributed by atoms with Gasteiger partial charge in [0.15, 0.2) is 0 Å². The van der Waals surface area contributed by atoms with Crippen molar-refractivity contribution < 1.29 is 13.2 Å². The van der Waals surface area contributed by atoms with Crippen LogP contribution in [0.4, 0.5) is 13.2 Å². The molecule has 1 N–H and O–H groups in total. The first-order valence-electron chi connectivity index (χ1n) is 5.34. The number of hydrogen-bond donors (Lipinski definition) is 1. The lowest BCUT2D eigenvalue weighted by molar-refractivity contribution is -0.183. The van der Waals surface area contributed by atoms with E-state index < -0.39 is 12.1 Å². The molecule has 0 aliphatic carbocycles. The Kier molecular flexibility index (Phi) is 4.23. The Labute approximate surface area is 83.1 Å². The summed E-state index contributed by atoms with van der Waals surface area (Å²) < 4.78 is 37.2. The number of rotatable bonds is 3. The van der Waals surface area contributed by atoms with Gasteiger partial charge in [0.25, 0.3) is 0 Å². The molecule has 1 nitrogen and oxygen atoms in total. The summed E-state index contributed by atoms with van der Waals surface area (Å²) in [5.74, 6) is -1.08. The molecule has 4 heteroatoms. The van der Waals surface area contributed by atoms with Crippen molar-refractivity contribution in [1.29, 1.82) is 0 Å². The summed E-state index contributed by atoms with van der Waals surface area (Å²) in [6.45, 7) is 2.57. The number of hydrogen-bond acceptors (Lipinski definition) is 1. The minimum absolute atomic E-state index is 0.0790. The SMILES string of the molecule is CCCCC1CC(C(F)(F)F)CCN1. The van der Waals surface area contributed by atoms with Crippen LogP contribution in [0.25, 0.3) is 0 Å². The van der Waals surface area contributed by atoms with E-state index in [0.717, 1.165) is 19.3 Å². The maximum absolute atomic E-state index is 12.4. The number of nitrogens with one attached hydrogen (secondary N) is 1. The van der Waals surface area contributed by atoms with Gasteiger partial charge in [-0.2, -0.15) is 13.2 Å². The Balaban J connectivity index is 2.36. The van der Waals surface area contributed by atoms with Crippen molar-refractivity contribution in [3.63, 3.8) is 0 Å². The van der Waals surface area contributed by atoms with Crippen LogP contribution >= 0.6 is 0 Å². The van der Waals surface area contributed by atoms with Crippen LogP contribution in [0.2, 0.25) is 0 Å². The number of unbranched alkanes of at least 4 members (excludes halogenated alkanes) is 1. The third kappa shape index (κ3) is 3.48. The minimum atomic E-state index is -3.99. The molecule has 1 fully saturated rings. The van der Waals surface area contributed by atoms with Gasteiger partial charge < -0.3 is 5.32 Å². The molecule has 0 aromatic heterocycles. The Morgan fingerprint density at radius 2 is 2.07 bits per heavy atom. The molecule has 1 rings (SSSR count). The van der Waals surface area contributed by atoms with Gasteiger partial charge in [0.1, 0.15) is 0 Å². The molecule has 1 aliphatic heterocycles. The largest absolute Gasteiger partial charge is 0.391 e. The van der Waals surface area contributed by atoms with Crippen LogP contribution in [0.15, 0.2) is 0 Å². The highest BCUT2D eigenvalue weighted by molar-refractivity contribution is 4.81. The van der Waals surface area contributed by atoms with Gasteiger partial charge in [0.05, 0.1) is 5.92 Å². The lowest BCUT2D eigenvalue weighted by Crippen LogP contribution is -2.42. The first kappa shape index (κ1) is 11.8. The zero-order valence-corrected chi connectivity index (χ0v) is 8.53. The summed E-state index contributed by atoms with van der Waals surface area (Å²) in [4.78, 5) is 0. The molecule has 0 saturated carbocycles. The number of alkyl halides is 3. The van der Waals surface area contributed by atoms with Gasteiger partial charge in [0, 0.05) is 6.04 Å². The Morgan fingerprint density at radius 1 is 1.36 bits per heavy atom. The minimum Gasteiger partial charge on any atom is -0.314 e. The molecular weight excluding hydrogens is 191 g/mol. The summed E-state index contributed by atoms with van der Waals surface area (Å²) in [6.07, 6.45) is -0.539. The second-order valence-electron chi connectivity index (χ2n) is 4.06. The lowest BCUT2D eigenvalue weighted by Gasteiger charge is -2.31. The van der Waals surface area contributed by atoms with Crippen LogP contribution in [0.5, 0.6) is 0 Å². The number of piperidine rings is 1. The predicted octanol–water partition coefficient (Wildman–Crippen LogP) is 3.11. The van der Waals surface area contributed by atoms with E-state index in [4.69, 9.17) is 0 Å². The fraction of sp³-hybridized carbons (Fsp3) is 1.00. The Hall–Kier alpha value is -0.250. The van der Waals surface area contributed by atoms with Crippen LogP contribution in [0.1, 0.15) is 39.0 Å². The molecule has 0 bridgehead atoms. The normalized spacial score (nSPS) is 29.1. The smallest absolute Gasteiger partial charge is 0.314 e. The summed E-state index contributed by atoms with van der Waals surface area (Å²) in [5, 5.41) is 3.16. The zero-order valence-electron chi connectivity index (χ0n) is 8.53. The fourth-order valence-corrected chi connectivity index (χ4v) is 1.97. The maximum atomic E-state index is 12.4. The molecule has 1 aliphatic rings. The molecule has 0 spiro atoms. The average Bonchev–Trinajstić information content (AvgIpc) is 2.14. The third-order valence-corrected chi connectivity index (χ3v) is 2.86. The second kappa shape index (κ2) is 5.01. The van der Waals surface area contributed by atoms with Crippen LogP contribution in [0, 0.1) is 5.92 Å². The van der Waals surface area contributed by atoms with Crippen molar-refractivity contribution in [2.75, 3.05) is 6.54 Å². The van der Waals surface area contributed by atoms with E-state index in [1.807, 2.05) is 0 Å². The molecule has 1 saturated heterocycles. The molecule has 0 radical (unpaired) electrons. The molecule has 0 amide bonds. The van der Waals surface area contributed by atoms with Crippen molar-refractivity contribution in [2.24, 2.45) is 5.92 Å². The predicted molar refractivity (Wildman–Crippen MR) is 50.1 cm³/mol. The van der Waals surface area contributed by atoms with E-state index in [1.54, 1.807) is 0 Å². The molecule has 84 valence electrons. The average molecular weight is 209 g/mol. The van der Waals surface area contributed by atoms with Gasteiger partial charge in [-0.1, -0.05) is 19.8 Å². The van der Waals surface area contributed by atoms with Crippen molar-refractivity contribution in [2.45, 2.75) is 51.2 Å². The Morgan fingerprint density at radius 3 is 2.64 bits per heavy atom. The van der Waals surface area contributed by atoms with Crippen LogP contribution in [0.3, 0.4) is 0 Å². The van der Waals surface area contributed by atoms with Crippen molar-refractivity contribution in [3.8, 4) is 0 Å². The van der Waals surface area contributed by atoms with Crippen LogP contribution in [-0.4, -0.2) is 18.8 Å². The van der Waals surface area contributed by atoms with Gasteiger partial charge in [0.2, 0.25) is 0 Å². The van der Waals surface area contributed by atoms with Crippen molar-refractivity contribution in [3.05, 3.63) is 0 Å². The topological polar surface area (TPSA) is 12.0 Å². The zero-order chi connectivity index (χ0) is 10.6. The summed E-state index contributed by atoms with van der Waals surface area (Å²) in [6, 6.07) is 0.0790. The maximum Gasteiger partial charge on any atom is 0.391 e. The van der Waals surface area contributed by atoms with Gasteiger partial charge in [-0.25, -0.2) is 0 Å². The summed E-state index contributed by atoms with van der Waals surface area (Å²) >= 11 is 0. The van der Waals surface area contributed by atoms with E-state index in [0.29, 0.717) is 6.54 Å². The quantitative estimate of drug-likeness (QED) is 0.753. The van der Waals surface area contributed by atoms with Crippen molar-refractivity contribution in [1.82, 2.24) is 5.32 Å². The molecule has 14 heavy (non-hydrogen) atoms. The van der Waals surface area contributed by atoms with Gasteiger partial charge in [-0.3, -0.25) is 0 Å². The first-order chi connectivity index (χ1) is 6.54. The van der Waals surface area contributed by atoms with E-state index in [1.165, 1.54) is 0 Å². The molecular formula is C10H18F3N. The van der Waals surface area contributed by atoms with E-state index >= 15 is 0 Å². The van der Waals surface area contributed by atoms with Gasteiger partial charge >= 0.3 is 6.18 Å². The van der Waals surface area contributed by atoms with E-state index in [2.05, 4.69) is 12.2 Å². The Bertz CT molecular complexity index is 167. The molecule has 2 unspecified atom stereocenters. The van der Waals surface area contributed by atoms with Crippen LogP contribution in [-0.2, 0) is 0 Å². The molecule has 0 aromatic carbocycles. The molecule has 0 aromatic rings. The summed E-state index contributed by atoms with van der Waals surface area (Å²) in [5.41, 5.74) is 0. The van der Waals surface area contributed by atoms with E-state index in [9.17, 15) is 13.2 Å². The van der Waals surface area contributed by atoms with E-state index in [-0.39, 0.29) is 18.9 Å². The lowest BCUT2D eigenvalue weighted by atomic mass is 9.89.